The van der Waals surface area contributed by atoms with Gasteiger partial charge in [0.05, 0.1) is 12.8 Å². The molecule has 0 atom stereocenters. The van der Waals surface area contributed by atoms with E-state index in [2.05, 4.69) is 10.5 Å². The number of amides is 1. The summed E-state index contributed by atoms with van der Waals surface area (Å²) in [5.41, 5.74) is 3.31. The van der Waals surface area contributed by atoms with Gasteiger partial charge in [-0.2, -0.15) is 5.10 Å². The fourth-order valence-electron chi connectivity index (χ4n) is 1.73. The predicted molar refractivity (Wildman–Crippen MR) is 79.1 cm³/mol. The second-order valence-electron chi connectivity index (χ2n) is 4.18. The Morgan fingerprint density at radius 1 is 1.29 bits per heavy atom. The van der Waals surface area contributed by atoms with Crippen molar-refractivity contribution in [1.29, 1.82) is 0 Å². The first-order valence-corrected chi connectivity index (χ1v) is 6.51. The molecule has 0 saturated carbocycles. The normalized spacial score (nSPS) is 10.6. The number of ether oxygens (including phenoxy) is 1. The number of halogens is 1. The summed E-state index contributed by atoms with van der Waals surface area (Å²) in [5, 5.41) is 3.86. The third kappa shape index (κ3) is 4.14. The van der Waals surface area contributed by atoms with Crippen LogP contribution in [0.3, 0.4) is 0 Å². The van der Waals surface area contributed by atoms with E-state index in [-0.39, 0.29) is 5.56 Å². The zero-order valence-corrected chi connectivity index (χ0v) is 11.5. The third-order valence-electron chi connectivity index (χ3n) is 2.68. The van der Waals surface area contributed by atoms with Crippen molar-refractivity contribution in [3.05, 3.63) is 65.5 Å². The maximum Gasteiger partial charge on any atom is 0.271 e. The Morgan fingerprint density at radius 3 is 2.86 bits per heavy atom. The number of para-hydroxylation sites is 1. The SMILES string of the molecule is CCOc1ccccc1/C=N/NC(=O)c1cccc(F)c1. The summed E-state index contributed by atoms with van der Waals surface area (Å²) < 4.78 is 18.5. The minimum atomic E-state index is -0.473. The third-order valence-corrected chi connectivity index (χ3v) is 2.68. The van der Waals surface area contributed by atoms with E-state index in [1.54, 1.807) is 0 Å². The molecule has 1 N–H and O–H groups in total. The highest BCUT2D eigenvalue weighted by Gasteiger charge is 2.05. The Kier molecular flexibility index (Phi) is 5.04. The molecule has 0 aliphatic heterocycles. The summed E-state index contributed by atoms with van der Waals surface area (Å²) in [7, 11) is 0. The summed E-state index contributed by atoms with van der Waals surface area (Å²) in [6.07, 6.45) is 1.49. The van der Waals surface area contributed by atoms with Gasteiger partial charge in [-0.25, -0.2) is 9.82 Å². The van der Waals surface area contributed by atoms with Gasteiger partial charge in [0.1, 0.15) is 11.6 Å². The van der Waals surface area contributed by atoms with Gasteiger partial charge in [0.15, 0.2) is 0 Å². The van der Waals surface area contributed by atoms with Crippen LogP contribution in [-0.4, -0.2) is 18.7 Å². The molecule has 0 saturated heterocycles. The summed E-state index contributed by atoms with van der Waals surface area (Å²) in [4.78, 5) is 11.8. The molecular formula is C16H15FN2O2. The lowest BCUT2D eigenvalue weighted by molar-refractivity contribution is 0.0954. The average Bonchev–Trinajstić information content (AvgIpc) is 2.49. The molecule has 0 unspecified atom stereocenters. The Balaban J connectivity index is 2.04. The quantitative estimate of drug-likeness (QED) is 0.678. The van der Waals surface area contributed by atoms with Gasteiger partial charge in [0.25, 0.3) is 5.91 Å². The molecule has 21 heavy (non-hydrogen) atoms. The van der Waals surface area contributed by atoms with Crippen molar-refractivity contribution in [2.75, 3.05) is 6.61 Å². The van der Waals surface area contributed by atoms with Crippen LogP contribution in [0.1, 0.15) is 22.8 Å². The average molecular weight is 286 g/mol. The van der Waals surface area contributed by atoms with Gasteiger partial charge >= 0.3 is 0 Å². The summed E-state index contributed by atoms with van der Waals surface area (Å²) in [5.74, 6) is -0.253. The predicted octanol–water partition coefficient (Wildman–Crippen LogP) is 2.99. The molecule has 0 aromatic heterocycles. The maximum absolute atomic E-state index is 13.0. The minimum absolute atomic E-state index is 0.213. The highest BCUT2D eigenvalue weighted by molar-refractivity contribution is 5.95. The number of rotatable bonds is 5. The number of hydrogen-bond donors (Lipinski definition) is 1. The molecule has 0 radical (unpaired) electrons. The molecule has 0 bridgehead atoms. The van der Waals surface area contributed by atoms with Crippen LogP contribution in [0, 0.1) is 5.82 Å². The van der Waals surface area contributed by atoms with Crippen molar-refractivity contribution in [2.24, 2.45) is 5.10 Å². The maximum atomic E-state index is 13.0. The molecule has 0 heterocycles. The molecule has 1 amide bonds. The number of benzene rings is 2. The topological polar surface area (TPSA) is 50.7 Å². The first kappa shape index (κ1) is 14.7. The molecule has 2 aromatic carbocycles. The van der Waals surface area contributed by atoms with Crippen molar-refractivity contribution in [1.82, 2.24) is 5.43 Å². The van der Waals surface area contributed by atoms with Gasteiger partial charge in [-0.15, -0.1) is 0 Å². The monoisotopic (exact) mass is 286 g/mol. The zero-order chi connectivity index (χ0) is 15.1. The molecule has 4 nitrogen and oxygen atoms in total. The zero-order valence-electron chi connectivity index (χ0n) is 11.5. The van der Waals surface area contributed by atoms with Gasteiger partial charge in [-0.05, 0) is 37.3 Å². The number of carbonyl (C=O) groups excluding carboxylic acids is 1. The molecule has 0 spiro atoms. The van der Waals surface area contributed by atoms with Crippen LogP contribution in [-0.2, 0) is 0 Å². The molecule has 108 valence electrons. The molecular weight excluding hydrogens is 271 g/mol. The molecule has 2 aromatic rings. The van der Waals surface area contributed by atoms with E-state index in [1.807, 2.05) is 31.2 Å². The lowest BCUT2D eigenvalue weighted by atomic mass is 10.2. The number of carbonyl (C=O) groups is 1. The minimum Gasteiger partial charge on any atom is -0.493 e. The Morgan fingerprint density at radius 2 is 2.10 bits per heavy atom. The van der Waals surface area contributed by atoms with Crippen molar-refractivity contribution < 1.29 is 13.9 Å². The van der Waals surface area contributed by atoms with Crippen LogP contribution in [0.2, 0.25) is 0 Å². The lowest BCUT2D eigenvalue weighted by Crippen LogP contribution is -2.17. The fourth-order valence-corrected chi connectivity index (χ4v) is 1.73. The number of hydrazone groups is 1. The highest BCUT2D eigenvalue weighted by Crippen LogP contribution is 2.15. The standard InChI is InChI=1S/C16H15FN2O2/c1-2-21-15-9-4-3-6-13(15)11-18-19-16(20)12-7-5-8-14(17)10-12/h3-11H,2H2,1H3,(H,19,20)/b18-11+. The fraction of sp³-hybridized carbons (Fsp3) is 0.125. The van der Waals surface area contributed by atoms with Crippen LogP contribution in [0.25, 0.3) is 0 Å². The number of nitrogens with zero attached hydrogens (tertiary/aromatic N) is 1. The van der Waals surface area contributed by atoms with Crippen LogP contribution < -0.4 is 10.2 Å². The molecule has 0 aliphatic carbocycles. The Bertz CT molecular complexity index is 656. The van der Waals surface area contributed by atoms with E-state index < -0.39 is 11.7 Å². The molecule has 0 fully saturated rings. The van der Waals surface area contributed by atoms with Gasteiger partial charge < -0.3 is 4.74 Å². The van der Waals surface area contributed by atoms with Gasteiger partial charge in [-0.1, -0.05) is 18.2 Å². The largest absolute Gasteiger partial charge is 0.493 e. The molecule has 0 aliphatic rings. The van der Waals surface area contributed by atoms with E-state index >= 15 is 0 Å². The second-order valence-corrected chi connectivity index (χ2v) is 4.18. The van der Waals surface area contributed by atoms with E-state index in [4.69, 9.17) is 4.74 Å². The lowest BCUT2D eigenvalue weighted by Gasteiger charge is -2.05. The molecule has 2 rings (SSSR count). The van der Waals surface area contributed by atoms with Gasteiger partial charge in [0.2, 0.25) is 0 Å². The van der Waals surface area contributed by atoms with Crippen LogP contribution >= 0.6 is 0 Å². The van der Waals surface area contributed by atoms with Crippen molar-refractivity contribution >= 4 is 12.1 Å². The van der Waals surface area contributed by atoms with E-state index in [0.717, 1.165) is 11.6 Å². The summed E-state index contributed by atoms with van der Waals surface area (Å²) in [6, 6.07) is 12.8. The molecule has 5 heteroatoms. The van der Waals surface area contributed by atoms with Gasteiger partial charge in [-0.3, -0.25) is 4.79 Å². The number of hydrogen-bond acceptors (Lipinski definition) is 3. The number of nitrogens with one attached hydrogen (secondary N) is 1. The van der Waals surface area contributed by atoms with Gasteiger partial charge in [0, 0.05) is 11.1 Å². The Labute approximate surface area is 122 Å². The summed E-state index contributed by atoms with van der Waals surface area (Å²) >= 11 is 0. The smallest absolute Gasteiger partial charge is 0.271 e. The van der Waals surface area contributed by atoms with Crippen molar-refractivity contribution in [2.45, 2.75) is 6.92 Å². The van der Waals surface area contributed by atoms with E-state index in [9.17, 15) is 9.18 Å². The first-order valence-electron chi connectivity index (χ1n) is 6.51. The van der Waals surface area contributed by atoms with Crippen molar-refractivity contribution in [3.8, 4) is 5.75 Å². The highest BCUT2D eigenvalue weighted by atomic mass is 19.1. The van der Waals surface area contributed by atoms with Crippen LogP contribution in [0.5, 0.6) is 5.75 Å². The van der Waals surface area contributed by atoms with E-state index in [0.29, 0.717) is 12.4 Å². The summed E-state index contributed by atoms with van der Waals surface area (Å²) in [6.45, 7) is 2.43. The first-order chi connectivity index (χ1) is 10.2. The van der Waals surface area contributed by atoms with Crippen molar-refractivity contribution in [3.63, 3.8) is 0 Å². The second kappa shape index (κ2) is 7.19. The Hall–Kier alpha value is -2.69. The van der Waals surface area contributed by atoms with E-state index in [1.165, 1.54) is 24.4 Å². The van der Waals surface area contributed by atoms with Crippen LogP contribution in [0.15, 0.2) is 53.6 Å². The van der Waals surface area contributed by atoms with Crippen LogP contribution in [0.4, 0.5) is 4.39 Å².